The summed E-state index contributed by atoms with van der Waals surface area (Å²) in [5, 5.41) is 7.25. The number of aryl methyl sites for hydroxylation is 1. The third-order valence-corrected chi connectivity index (χ3v) is 4.57. The molecule has 2 aromatic heterocycles. The molecule has 132 valence electrons. The van der Waals surface area contributed by atoms with E-state index in [-0.39, 0.29) is 5.63 Å². The number of nitrogens with one attached hydrogen (secondary N) is 3. The average Bonchev–Trinajstić information content (AvgIpc) is 3.23. The first-order valence-electron chi connectivity index (χ1n) is 8.67. The summed E-state index contributed by atoms with van der Waals surface area (Å²) in [6.45, 7) is 3.22. The van der Waals surface area contributed by atoms with Gasteiger partial charge in [-0.1, -0.05) is 35.9 Å². The lowest BCUT2D eigenvalue weighted by molar-refractivity contribution is -0.677. The molecule has 2 aromatic carbocycles. The summed E-state index contributed by atoms with van der Waals surface area (Å²) in [6, 6.07) is 16.2. The number of fused-ring (bicyclic) bond motifs is 1. The van der Waals surface area contributed by atoms with Crippen molar-refractivity contribution in [3.63, 3.8) is 0 Å². The van der Waals surface area contributed by atoms with Crippen molar-refractivity contribution in [1.82, 2.24) is 15.6 Å². The molecule has 0 atom stereocenters. The average molecular weight is 349 g/mol. The lowest BCUT2D eigenvalue weighted by Crippen LogP contribution is -2.41. The zero-order valence-electron chi connectivity index (χ0n) is 14.6. The van der Waals surface area contributed by atoms with Crippen LogP contribution in [0.3, 0.4) is 0 Å². The highest BCUT2D eigenvalue weighted by Crippen LogP contribution is 2.17. The largest absolute Gasteiger partial charge is 0.431 e. The van der Waals surface area contributed by atoms with Crippen LogP contribution in [-0.4, -0.2) is 16.8 Å². The Balaban J connectivity index is 1.43. The monoisotopic (exact) mass is 349 g/mol. The third-order valence-electron chi connectivity index (χ3n) is 4.57. The Bertz CT molecular complexity index is 1070. The van der Waals surface area contributed by atoms with E-state index in [0.29, 0.717) is 12.2 Å². The van der Waals surface area contributed by atoms with Crippen LogP contribution in [0.1, 0.15) is 16.8 Å². The van der Waals surface area contributed by atoms with E-state index in [9.17, 15) is 4.79 Å². The van der Waals surface area contributed by atoms with Crippen LogP contribution in [0.5, 0.6) is 0 Å². The van der Waals surface area contributed by atoms with Gasteiger partial charge in [0.15, 0.2) is 0 Å². The number of hydrogen-bond donors (Lipinski definition) is 3. The number of nitrogens with zero attached hydrogens (tertiary/aromatic N) is 1. The topological polar surface area (TPSA) is 77.7 Å². The smallest absolute Gasteiger partial charge is 0.361 e. The van der Waals surface area contributed by atoms with Crippen molar-refractivity contribution < 1.29 is 9.20 Å². The minimum absolute atomic E-state index is 0.356. The van der Waals surface area contributed by atoms with E-state index in [2.05, 4.69) is 27.7 Å². The number of benzene rings is 2. The van der Waals surface area contributed by atoms with Crippen LogP contribution in [0, 0.1) is 6.92 Å². The Hall–Kier alpha value is -3.12. The first-order valence-corrected chi connectivity index (χ1v) is 8.67. The van der Waals surface area contributed by atoms with Crippen molar-refractivity contribution in [3.8, 4) is 5.69 Å². The summed E-state index contributed by atoms with van der Waals surface area (Å²) in [5.74, 6) is 0. The molecular weight excluding hydrogens is 328 g/mol. The fourth-order valence-corrected chi connectivity index (χ4v) is 3.11. The highest BCUT2D eigenvalue weighted by Gasteiger charge is 2.22. The van der Waals surface area contributed by atoms with Gasteiger partial charge in [-0.25, -0.2) is 4.79 Å². The maximum atomic E-state index is 12.0. The lowest BCUT2D eigenvalue weighted by Gasteiger charge is -2.01. The van der Waals surface area contributed by atoms with Gasteiger partial charge < -0.3 is 10.3 Å². The second-order valence-electron chi connectivity index (χ2n) is 6.38. The molecule has 0 aliphatic heterocycles. The molecular formula is C20H21N4O2+. The Morgan fingerprint density at radius 1 is 1.12 bits per heavy atom. The molecule has 26 heavy (non-hydrogen) atoms. The van der Waals surface area contributed by atoms with E-state index in [1.165, 1.54) is 16.5 Å². The predicted octanol–water partition coefficient (Wildman–Crippen LogP) is 2.37. The molecule has 4 aromatic rings. The minimum atomic E-state index is -0.356. The van der Waals surface area contributed by atoms with Gasteiger partial charge in [0.1, 0.15) is 0 Å². The Kier molecular flexibility index (Phi) is 4.41. The van der Waals surface area contributed by atoms with Gasteiger partial charge in [0, 0.05) is 29.2 Å². The van der Waals surface area contributed by atoms with Gasteiger partial charge in [-0.05, 0) is 41.5 Å². The third kappa shape index (κ3) is 3.19. The van der Waals surface area contributed by atoms with Crippen LogP contribution >= 0.6 is 0 Å². The summed E-state index contributed by atoms with van der Waals surface area (Å²) in [5.41, 5.74) is 4.64. The van der Waals surface area contributed by atoms with Crippen LogP contribution in [0.25, 0.3) is 16.6 Å². The van der Waals surface area contributed by atoms with Crippen molar-refractivity contribution in [1.29, 1.82) is 0 Å². The van der Waals surface area contributed by atoms with Crippen molar-refractivity contribution in [3.05, 3.63) is 82.0 Å². The number of H-pyrrole nitrogens is 2. The van der Waals surface area contributed by atoms with Crippen LogP contribution in [0.15, 0.2) is 64.0 Å². The van der Waals surface area contributed by atoms with Crippen LogP contribution in [0.4, 0.5) is 0 Å². The summed E-state index contributed by atoms with van der Waals surface area (Å²) in [7, 11) is 0. The molecule has 0 unspecified atom stereocenters. The summed E-state index contributed by atoms with van der Waals surface area (Å²) in [4.78, 5) is 15.3. The number of aromatic nitrogens is 3. The quantitative estimate of drug-likeness (QED) is 0.369. The summed E-state index contributed by atoms with van der Waals surface area (Å²) in [6.07, 6.45) is 2.92. The first-order chi connectivity index (χ1) is 12.7. The molecule has 2 heterocycles. The van der Waals surface area contributed by atoms with Gasteiger partial charge in [0.2, 0.25) is 5.69 Å². The summed E-state index contributed by atoms with van der Waals surface area (Å²) < 4.78 is 6.66. The molecule has 6 heteroatoms. The fraction of sp³-hybridized carbons (Fsp3) is 0.200. The maximum Gasteiger partial charge on any atom is 0.431 e. The van der Waals surface area contributed by atoms with E-state index < -0.39 is 0 Å². The molecule has 3 N–H and O–H groups in total. The zero-order valence-corrected chi connectivity index (χ0v) is 14.6. The standard InChI is InChI=1S/C20H20N4O2/c1-14-6-8-16(9-7-14)24-19(20(25)26-23-24)13-21-11-10-15-12-22-18-5-3-2-4-17(15)18/h2-9,12,21-22H,10-11,13H2,1H3/p+1. The predicted molar refractivity (Wildman–Crippen MR) is 99.3 cm³/mol. The van der Waals surface area contributed by atoms with E-state index in [0.717, 1.165) is 24.2 Å². The minimum Gasteiger partial charge on any atom is -0.361 e. The SMILES string of the molecule is Cc1ccc(-[n+]2[nH]oc(=O)c2CNCCc2c[nH]c3ccccc23)cc1. The second kappa shape index (κ2) is 7.01. The molecule has 4 rings (SSSR count). The lowest BCUT2D eigenvalue weighted by atomic mass is 10.1. The van der Waals surface area contributed by atoms with Crippen molar-refractivity contribution in [2.24, 2.45) is 0 Å². The van der Waals surface area contributed by atoms with Crippen LogP contribution in [0.2, 0.25) is 0 Å². The molecule has 6 nitrogen and oxygen atoms in total. The Labute approximate surface area is 150 Å². The van der Waals surface area contributed by atoms with E-state index in [1.54, 1.807) is 4.68 Å². The number of hydrogen-bond acceptors (Lipinski definition) is 3. The molecule has 0 amide bonds. The maximum absolute atomic E-state index is 12.0. The van der Waals surface area contributed by atoms with Crippen molar-refractivity contribution >= 4 is 10.9 Å². The molecule has 0 radical (unpaired) electrons. The van der Waals surface area contributed by atoms with E-state index in [4.69, 9.17) is 4.52 Å². The Morgan fingerprint density at radius 3 is 2.77 bits per heavy atom. The van der Waals surface area contributed by atoms with Gasteiger partial charge in [-0.3, -0.25) is 4.52 Å². The molecule has 0 aliphatic rings. The summed E-state index contributed by atoms with van der Waals surface area (Å²) >= 11 is 0. The van der Waals surface area contributed by atoms with Gasteiger partial charge in [0.25, 0.3) is 0 Å². The first kappa shape index (κ1) is 16.4. The number of para-hydroxylation sites is 1. The van der Waals surface area contributed by atoms with E-state index >= 15 is 0 Å². The highest BCUT2D eigenvalue weighted by molar-refractivity contribution is 5.83. The molecule has 0 spiro atoms. The number of aromatic amines is 2. The molecule has 0 saturated heterocycles. The number of rotatable bonds is 6. The van der Waals surface area contributed by atoms with Crippen LogP contribution in [-0.2, 0) is 13.0 Å². The molecule has 0 bridgehead atoms. The molecule has 0 saturated carbocycles. The Morgan fingerprint density at radius 2 is 1.92 bits per heavy atom. The van der Waals surface area contributed by atoms with Crippen LogP contribution < -0.4 is 15.6 Å². The zero-order chi connectivity index (χ0) is 17.9. The van der Waals surface area contributed by atoms with Gasteiger partial charge in [0.05, 0.1) is 6.54 Å². The molecule has 0 fully saturated rings. The second-order valence-corrected chi connectivity index (χ2v) is 6.38. The van der Waals surface area contributed by atoms with Gasteiger partial charge in [-0.2, -0.15) is 0 Å². The van der Waals surface area contributed by atoms with Gasteiger partial charge >= 0.3 is 11.3 Å². The van der Waals surface area contributed by atoms with Crippen molar-refractivity contribution in [2.45, 2.75) is 19.9 Å². The fourth-order valence-electron chi connectivity index (χ4n) is 3.11. The van der Waals surface area contributed by atoms with Gasteiger partial charge in [-0.15, -0.1) is 0 Å². The molecule has 0 aliphatic carbocycles. The highest BCUT2D eigenvalue weighted by atomic mass is 16.5. The van der Waals surface area contributed by atoms with Crippen molar-refractivity contribution in [2.75, 3.05) is 6.54 Å². The normalized spacial score (nSPS) is 11.3. The van der Waals surface area contributed by atoms with E-state index in [1.807, 2.05) is 49.5 Å².